The molecule has 3 aliphatic rings. The van der Waals surface area contributed by atoms with Crippen LogP contribution >= 0.6 is 0 Å². The Hall–Kier alpha value is -2.52. The minimum absolute atomic E-state index is 0.00973. The second-order valence-electron chi connectivity index (χ2n) is 7.96. The second kappa shape index (κ2) is 7.72. The number of ether oxygens (including phenoxy) is 1. The Balaban J connectivity index is 1.50. The largest absolute Gasteiger partial charge is 0.481 e. The van der Waals surface area contributed by atoms with Crippen LogP contribution in [-0.4, -0.2) is 95.1 Å². The van der Waals surface area contributed by atoms with E-state index in [1.807, 2.05) is 0 Å². The number of aliphatic carboxylic acids is 1. The zero-order valence-corrected chi connectivity index (χ0v) is 16.1. The van der Waals surface area contributed by atoms with Gasteiger partial charge < -0.3 is 19.6 Å². The molecule has 0 radical (unpaired) electrons. The first kappa shape index (κ1) is 19.8. The number of carboxylic acid groups (broad SMARTS) is 1. The average molecular weight is 405 g/mol. The molecule has 0 saturated carbocycles. The van der Waals surface area contributed by atoms with E-state index < -0.39 is 17.3 Å². The van der Waals surface area contributed by atoms with E-state index in [9.17, 15) is 18.8 Å². The van der Waals surface area contributed by atoms with Gasteiger partial charge >= 0.3 is 5.97 Å². The third kappa shape index (κ3) is 3.72. The van der Waals surface area contributed by atoms with Crippen LogP contribution in [0.25, 0.3) is 0 Å². The highest BCUT2D eigenvalue weighted by Crippen LogP contribution is 2.36. The van der Waals surface area contributed by atoms with Gasteiger partial charge in [0.15, 0.2) is 0 Å². The Kier molecular flexibility index (Phi) is 5.26. The molecule has 2 amide bonds. The van der Waals surface area contributed by atoms with Gasteiger partial charge in [-0.1, -0.05) is 12.1 Å². The number of halogens is 1. The van der Waals surface area contributed by atoms with Crippen LogP contribution in [0.2, 0.25) is 0 Å². The van der Waals surface area contributed by atoms with E-state index in [-0.39, 0.29) is 36.3 Å². The molecule has 3 aliphatic heterocycles. The molecule has 3 fully saturated rings. The van der Waals surface area contributed by atoms with E-state index in [4.69, 9.17) is 9.84 Å². The molecule has 1 atom stereocenters. The number of morpholine rings is 1. The monoisotopic (exact) mass is 405 g/mol. The van der Waals surface area contributed by atoms with Gasteiger partial charge in [0, 0.05) is 39.1 Å². The number of piperazine rings is 1. The van der Waals surface area contributed by atoms with E-state index in [0.717, 1.165) is 0 Å². The molecule has 3 heterocycles. The highest BCUT2D eigenvalue weighted by Gasteiger charge is 2.56. The number of carbonyl (C=O) groups is 3. The van der Waals surface area contributed by atoms with Crippen LogP contribution < -0.4 is 0 Å². The summed E-state index contributed by atoms with van der Waals surface area (Å²) in [5, 5.41) is 8.79. The van der Waals surface area contributed by atoms with E-state index in [2.05, 4.69) is 4.90 Å². The summed E-state index contributed by atoms with van der Waals surface area (Å²) in [4.78, 5) is 41.6. The topological polar surface area (TPSA) is 90.4 Å². The lowest BCUT2D eigenvalue weighted by Crippen LogP contribution is -2.81. The van der Waals surface area contributed by atoms with Crippen molar-refractivity contribution in [2.45, 2.75) is 24.4 Å². The van der Waals surface area contributed by atoms with E-state index in [1.165, 1.54) is 12.1 Å². The van der Waals surface area contributed by atoms with Crippen LogP contribution in [0.15, 0.2) is 24.3 Å². The van der Waals surface area contributed by atoms with Crippen molar-refractivity contribution in [2.75, 3.05) is 45.9 Å². The standard InChI is InChI=1S/C20H24FN3O5/c21-16-4-2-1-3-15(16)19(28)22-9-14-10-29-8-7-24(14)20(11-22)12-23(13-20)17(25)5-6-18(26)27/h1-4,14H,5-13H2,(H,26,27). The number of hydrogen-bond acceptors (Lipinski definition) is 5. The molecule has 0 aromatic heterocycles. The van der Waals surface area contributed by atoms with Gasteiger partial charge in [0.1, 0.15) is 5.82 Å². The summed E-state index contributed by atoms with van der Waals surface area (Å²) in [6, 6.07) is 5.93. The van der Waals surface area contributed by atoms with Crippen LogP contribution in [0, 0.1) is 5.82 Å². The summed E-state index contributed by atoms with van der Waals surface area (Å²) in [6.07, 6.45) is -0.226. The Morgan fingerprint density at radius 3 is 2.59 bits per heavy atom. The maximum Gasteiger partial charge on any atom is 0.303 e. The normalized spacial score (nSPS) is 23.4. The number of hydrogen-bond donors (Lipinski definition) is 1. The van der Waals surface area contributed by atoms with Gasteiger partial charge in [-0.3, -0.25) is 19.3 Å². The lowest BCUT2D eigenvalue weighted by molar-refractivity contribution is -0.173. The van der Waals surface area contributed by atoms with Gasteiger partial charge in [-0.15, -0.1) is 0 Å². The Morgan fingerprint density at radius 1 is 1.14 bits per heavy atom. The highest BCUT2D eigenvalue weighted by atomic mass is 19.1. The van der Waals surface area contributed by atoms with Crippen molar-refractivity contribution in [3.63, 3.8) is 0 Å². The number of nitrogens with zero attached hydrogens (tertiary/aromatic N) is 3. The molecule has 9 heteroatoms. The molecule has 4 rings (SSSR count). The van der Waals surface area contributed by atoms with Crippen molar-refractivity contribution in [2.24, 2.45) is 0 Å². The van der Waals surface area contributed by atoms with E-state index in [1.54, 1.807) is 21.9 Å². The number of likely N-dealkylation sites (tertiary alicyclic amines) is 1. The van der Waals surface area contributed by atoms with E-state index >= 15 is 0 Å². The zero-order valence-electron chi connectivity index (χ0n) is 16.1. The van der Waals surface area contributed by atoms with Crippen molar-refractivity contribution in [3.05, 3.63) is 35.6 Å². The third-order valence-corrected chi connectivity index (χ3v) is 6.02. The van der Waals surface area contributed by atoms with Gasteiger partial charge in [-0.25, -0.2) is 4.39 Å². The molecule has 0 aliphatic carbocycles. The molecule has 1 aromatic carbocycles. The molecular formula is C20H24FN3O5. The predicted octanol–water partition coefficient (Wildman–Crippen LogP) is 0.428. The molecule has 156 valence electrons. The van der Waals surface area contributed by atoms with Crippen molar-refractivity contribution in [1.29, 1.82) is 0 Å². The maximum absolute atomic E-state index is 14.2. The highest BCUT2D eigenvalue weighted by molar-refractivity contribution is 5.94. The van der Waals surface area contributed by atoms with Crippen LogP contribution in [0.4, 0.5) is 4.39 Å². The second-order valence-corrected chi connectivity index (χ2v) is 7.96. The number of carboxylic acids is 1. The molecule has 1 unspecified atom stereocenters. The molecule has 8 nitrogen and oxygen atoms in total. The van der Waals surface area contributed by atoms with Gasteiger partial charge in [-0.2, -0.15) is 0 Å². The smallest absolute Gasteiger partial charge is 0.303 e. The predicted molar refractivity (Wildman–Crippen MR) is 99.8 cm³/mol. The fourth-order valence-corrected chi connectivity index (χ4v) is 4.65. The molecular weight excluding hydrogens is 381 g/mol. The molecule has 0 bridgehead atoms. The lowest BCUT2D eigenvalue weighted by Gasteiger charge is -2.63. The van der Waals surface area contributed by atoms with Gasteiger partial charge in [0.05, 0.1) is 36.8 Å². The minimum Gasteiger partial charge on any atom is -0.481 e. The Bertz CT molecular complexity index is 826. The van der Waals surface area contributed by atoms with Crippen LogP contribution in [0.5, 0.6) is 0 Å². The van der Waals surface area contributed by atoms with Crippen molar-refractivity contribution in [1.82, 2.24) is 14.7 Å². The summed E-state index contributed by atoms with van der Waals surface area (Å²) in [6.45, 7) is 3.50. The lowest BCUT2D eigenvalue weighted by atomic mass is 9.82. The Morgan fingerprint density at radius 2 is 1.86 bits per heavy atom. The van der Waals surface area contributed by atoms with Crippen LogP contribution in [0.3, 0.4) is 0 Å². The summed E-state index contributed by atoms with van der Waals surface area (Å²) in [7, 11) is 0. The summed E-state index contributed by atoms with van der Waals surface area (Å²) in [5.74, 6) is -2.10. The molecule has 1 aromatic rings. The summed E-state index contributed by atoms with van der Waals surface area (Å²) in [5.41, 5.74) is -0.353. The third-order valence-electron chi connectivity index (χ3n) is 6.02. The number of rotatable bonds is 4. The average Bonchev–Trinajstić information content (AvgIpc) is 2.69. The first-order valence-electron chi connectivity index (χ1n) is 9.77. The first-order chi connectivity index (χ1) is 13.9. The quantitative estimate of drug-likeness (QED) is 0.781. The maximum atomic E-state index is 14.2. The summed E-state index contributed by atoms with van der Waals surface area (Å²) >= 11 is 0. The SMILES string of the molecule is O=C(O)CCC(=O)N1CC2(C1)CN(C(=O)c1ccccc1F)CC1COCCN12. The fraction of sp³-hybridized carbons (Fsp3) is 0.550. The van der Waals surface area contributed by atoms with Gasteiger partial charge in [0.2, 0.25) is 5.91 Å². The molecule has 1 spiro atoms. The Labute approximate surface area is 167 Å². The number of carbonyl (C=O) groups excluding carboxylic acids is 2. The van der Waals surface area contributed by atoms with Gasteiger partial charge in [0.25, 0.3) is 5.91 Å². The first-order valence-corrected chi connectivity index (χ1v) is 9.77. The number of benzene rings is 1. The number of amides is 2. The van der Waals surface area contributed by atoms with Crippen LogP contribution in [-0.2, 0) is 14.3 Å². The molecule has 3 saturated heterocycles. The fourth-order valence-electron chi connectivity index (χ4n) is 4.65. The molecule has 1 N–H and O–H groups in total. The number of fused-ring (bicyclic) bond motifs is 2. The molecule has 29 heavy (non-hydrogen) atoms. The van der Waals surface area contributed by atoms with Crippen molar-refractivity contribution >= 4 is 17.8 Å². The summed E-state index contributed by atoms with van der Waals surface area (Å²) < 4.78 is 19.7. The van der Waals surface area contributed by atoms with Gasteiger partial charge in [-0.05, 0) is 12.1 Å². The minimum atomic E-state index is -0.999. The van der Waals surface area contributed by atoms with E-state index in [0.29, 0.717) is 45.9 Å². The van der Waals surface area contributed by atoms with Crippen LogP contribution in [0.1, 0.15) is 23.2 Å². The van der Waals surface area contributed by atoms with Crippen molar-refractivity contribution < 1.29 is 28.6 Å². The van der Waals surface area contributed by atoms with Crippen molar-refractivity contribution in [3.8, 4) is 0 Å². The zero-order chi connectivity index (χ0) is 20.6.